The van der Waals surface area contributed by atoms with Crippen molar-refractivity contribution in [3.05, 3.63) is 42.0 Å². The molecule has 9 heteroatoms. The van der Waals surface area contributed by atoms with E-state index in [1.807, 2.05) is 0 Å². The fourth-order valence-electron chi connectivity index (χ4n) is 2.46. The molecular formula is C18H24N4O5. The summed E-state index contributed by atoms with van der Waals surface area (Å²) in [5.41, 5.74) is 0.518. The summed E-state index contributed by atoms with van der Waals surface area (Å²) >= 11 is 0. The Kier molecular flexibility index (Phi) is 7.07. The van der Waals surface area contributed by atoms with Gasteiger partial charge >= 0.3 is 6.09 Å². The maximum absolute atomic E-state index is 12.4. The molecular weight excluding hydrogens is 352 g/mol. The van der Waals surface area contributed by atoms with Crippen LogP contribution in [0.25, 0.3) is 0 Å². The first-order chi connectivity index (χ1) is 13.0. The number of rotatable bonds is 8. The molecule has 0 aliphatic heterocycles. The summed E-state index contributed by atoms with van der Waals surface area (Å²) in [5.74, 6) is -1.21. The van der Waals surface area contributed by atoms with Crippen LogP contribution in [0.4, 0.5) is 10.5 Å². The van der Waals surface area contributed by atoms with Crippen molar-refractivity contribution in [3.63, 3.8) is 0 Å². The van der Waals surface area contributed by atoms with Crippen molar-refractivity contribution in [2.24, 2.45) is 0 Å². The molecule has 0 bridgehead atoms. The van der Waals surface area contributed by atoms with Crippen molar-refractivity contribution in [2.75, 3.05) is 31.5 Å². The monoisotopic (exact) mass is 376 g/mol. The Morgan fingerprint density at radius 1 is 1.07 bits per heavy atom. The van der Waals surface area contributed by atoms with E-state index in [9.17, 15) is 19.8 Å². The molecule has 0 aliphatic carbocycles. The second kappa shape index (κ2) is 9.48. The van der Waals surface area contributed by atoms with Crippen LogP contribution in [0.3, 0.4) is 0 Å². The third-order valence-corrected chi connectivity index (χ3v) is 3.99. The van der Waals surface area contributed by atoms with Crippen LogP contribution in [-0.4, -0.2) is 58.0 Å². The largest absolute Gasteiger partial charge is 0.492 e. The molecule has 0 atom stereocenters. The standard InChI is InChI=1S/C18H24N4O5/c1-3-21(4-2)12-11-19-17(25)13-7-5-6-8-14(13)20-18(26)27-22-15(23)9-10-16(22)24/h5-10,23-24H,3-4,11-12H2,1-2H3,(H,19,25)(H,20,26). The van der Waals surface area contributed by atoms with Crippen LogP contribution in [-0.2, 0) is 0 Å². The first-order valence-electron chi connectivity index (χ1n) is 8.64. The average molecular weight is 376 g/mol. The quantitative estimate of drug-likeness (QED) is 0.557. The molecule has 9 nitrogen and oxygen atoms in total. The van der Waals surface area contributed by atoms with Crippen LogP contribution < -0.4 is 15.5 Å². The highest BCUT2D eigenvalue weighted by Crippen LogP contribution is 2.19. The van der Waals surface area contributed by atoms with E-state index in [1.165, 1.54) is 12.1 Å². The molecule has 2 amide bonds. The van der Waals surface area contributed by atoms with Gasteiger partial charge < -0.3 is 25.3 Å². The highest BCUT2D eigenvalue weighted by atomic mass is 16.7. The lowest BCUT2D eigenvalue weighted by molar-refractivity contribution is 0.0949. The SMILES string of the molecule is CCN(CC)CCNC(=O)c1ccccc1NC(=O)On1c(O)ccc1O. The van der Waals surface area contributed by atoms with Gasteiger partial charge in [-0.05, 0) is 25.2 Å². The van der Waals surface area contributed by atoms with Crippen LogP contribution in [0.2, 0.25) is 0 Å². The fourth-order valence-corrected chi connectivity index (χ4v) is 2.46. The number of anilines is 1. The van der Waals surface area contributed by atoms with E-state index in [1.54, 1.807) is 24.3 Å². The zero-order valence-electron chi connectivity index (χ0n) is 15.3. The van der Waals surface area contributed by atoms with Gasteiger partial charge in [0.1, 0.15) is 0 Å². The number of benzene rings is 1. The van der Waals surface area contributed by atoms with Crippen LogP contribution in [0.1, 0.15) is 24.2 Å². The van der Waals surface area contributed by atoms with Crippen LogP contribution in [0.15, 0.2) is 36.4 Å². The Balaban J connectivity index is 2.00. The van der Waals surface area contributed by atoms with E-state index in [0.717, 1.165) is 19.6 Å². The van der Waals surface area contributed by atoms with Gasteiger partial charge in [-0.3, -0.25) is 10.1 Å². The Hall–Kier alpha value is -3.20. The molecule has 0 fully saturated rings. The van der Waals surface area contributed by atoms with E-state index < -0.39 is 17.9 Å². The third-order valence-electron chi connectivity index (χ3n) is 3.99. The molecule has 0 saturated carbocycles. The molecule has 0 unspecified atom stereocenters. The fraction of sp³-hybridized carbons (Fsp3) is 0.333. The molecule has 0 spiro atoms. The Labute approximate surface area is 157 Å². The van der Waals surface area contributed by atoms with Gasteiger partial charge in [-0.1, -0.05) is 26.0 Å². The second-order valence-electron chi connectivity index (χ2n) is 5.68. The molecule has 4 N–H and O–H groups in total. The lowest BCUT2D eigenvalue weighted by atomic mass is 10.1. The molecule has 1 aromatic carbocycles. The minimum Gasteiger partial charge on any atom is -0.492 e. The Morgan fingerprint density at radius 3 is 2.33 bits per heavy atom. The van der Waals surface area contributed by atoms with Gasteiger partial charge in [0.15, 0.2) is 0 Å². The number of nitrogens with zero attached hydrogens (tertiary/aromatic N) is 2. The van der Waals surface area contributed by atoms with E-state index >= 15 is 0 Å². The number of carbonyl (C=O) groups is 2. The van der Waals surface area contributed by atoms with E-state index in [-0.39, 0.29) is 17.2 Å². The van der Waals surface area contributed by atoms with E-state index in [0.29, 0.717) is 11.3 Å². The van der Waals surface area contributed by atoms with Gasteiger partial charge in [0.25, 0.3) is 5.91 Å². The van der Waals surface area contributed by atoms with Crippen molar-refractivity contribution in [2.45, 2.75) is 13.8 Å². The van der Waals surface area contributed by atoms with Crippen LogP contribution in [0.5, 0.6) is 11.8 Å². The van der Waals surface area contributed by atoms with Gasteiger partial charge in [-0.2, -0.15) is 0 Å². The van der Waals surface area contributed by atoms with Crippen molar-refractivity contribution in [1.29, 1.82) is 0 Å². The maximum Gasteiger partial charge on any atom is 0.436 e. The minimum absolute atomic E-state index is 0.244. The second-order valence-corrected chi connectivity index (χ2v) is 5.68. The number of likely N-dealkylation sites (N-methyl/N-ethyl adjacent to an activating group) is 1. The normalized spacial score (nSPS) is 10.6. The van der Waals surface area contributed by atoms with Gasteiger partial charge in [-0.15, -0.1) is 4.73 Å². The summed E-state index contributed by atoms with van der Waals surface area (Å²) in [4.78, 5) is 31.5. The third kappa shape index (κ3) is 5.38. The molecule has 0 aliphatic rings. The first-order valence-corrected chi connectivity index (χ1v) is 8.64. The van der Waals surface area contributed by atoms with Gasteiger partial charge in [-0.25, -0.2) is 4.79 Å². The van der Waals surface area contributed by atoms with Gasteiger partial charge in [0.05, 0.1) is 11.3 Å². The Bertz CT molecular complexity index is 766. The number of aromatic hydroxyl groups is 2. The molecule has 0 radical (unpaired) electrons. The van der Waals surface area contributed by atoms with Crippen LogP contribution >= 0.6 is 0 Å². The Morgan fingerprint density at radius 2 is 1.70 bits per heavy atom. The number of nitrogens with one attached hydrogen (secondary N) is 2. The predicted octanol–water partition coefficient (Wildman–Crippen LogP) is 1.63. The molecule has 1 aromatic heterocycles. The van der Waals surface area contributed by atoms with Crippen molar-refractivity contribution in [1.82, 2.24) is 14.9 Å². The summed E-state index contributed by atoms with van der Waals surface area (Å²) < 4.78 is 0.558. The number of amides is 2. The predicted molar refractivity (Wildman–Crippen MR) is 99.9 cm³/mol. The number of para-hydroxylation sites is 1. The first kappa shape index (κ1) is 20.1. The lowest BCUT2D eigenvalue weighted by Crippen LogP contribution is -2.35. The number of hydrogen-bond donors (Lipinski definition) is 4. The van der Waals surface area contributed by atoms with Crippen LogP contribution in [0, 0.1) is 0 Å². The van der Waals surface area contributed by atoms with Crippen molar-refractivity contribution in [3.8, 4) is 11.8 Å². The zero-order valence-corrected chi connectivity index (χ0v) is 15.3. The lowest BCUT2D eigenvalue weighted by Gasteiger charge is -2.18. The van der Waals surface area contributed by atoms with E-state index in [4.69, 9.17) is 4.84 Å². The molecule has 2 rings (SSSR count). The summed E-state index contributed by atoms with van der Waals surface area (Å²) in [5, 5.41) is 24.3. The van der Waals surface area contributed by atoms with Crippen molar-refractivity contribution < 1.29 is 24.6 Å². The minimum atomic E-state index is -0.972. The van der Waals surface area contributed by atoms with Gasteiger partial charge in [0, 0.05) is 25.2 Å². The number of aromatic nitrogens is 1. The molecule has 0 saturated heterocycles. The highest BCUT2D eigenvalue weighted by Gasteiger charge is 2.16. The van der Waals surface area contributed by atoms with Crippen molar-refractivity contribution >= 4 is 17.7 Å². The maximum atomic E-state index is 12.4. The summed E-state index contributed by atoms with van der Waals surface area (Å²) in [7, 11) is 0. The zero-order chi connectivity index (χ0) is 19.8. The molecule has 146 valence electrons. The molecule has 27 heavy (non-hydrogen) atoms. The van der Waals surface area contributed by atoms with Gasteiger partial charge in [0.2, 0.25) is 11.8 Å². The summed E-state index contributed by atoms with van der Waals surface area (Å²) in [6, 6.07) is 8.80. The summed E-state index contributed by atoms with van der Waals surface area (Å²) in [6.07, 6.45) is -0.972. The number of carbonyl (C=O) groups excluding carboxylic acids is 2. The van der Waals surface area contributed by atoms with E-state index in [2.05, 4.69) is 29.4 Å². The number of hydrogen-bond acceptors (Lipinski definition) is 6. The molecule has 1 heterocycles. The topological polar surface area (TPSA) is 116 Å². The summed E-state index contributed by atoms with van der Waals surface area (Å²) in [6.45, 7) is 7.10. The molecule has 2 aromatic rings. The highest BCUT2D eigenvalue weighted by molar-refractivity contribution is 6.02. The average Bonchev–Trinajstić information content (AvgIpc) is 2.97. The smallest absolute Gasteiger partial charge is 0.436 e.